The van der Waals surface area contributed by atoms with E-state index in [0.29, 0.717) is 23.3 Å². The number of rotatable bonds is 4. The molecule has 2 heterocycles. The van der Waals surface area contributed by atoms with Crippen molar-refractivity contribution in [3.8, 4) is 0 Å². The van der Waals surface area contributed by atoms with Crippen molar-refractivity contribution in [3.05, 3.63) is 70.3 Å². The largest absolute Gasteiger partial charge is 0.307 e. The highest BCUT2D eigenvalue weighted by Gasteiger charge is 2.31. The third kappa shape index (κ3) is 3.20. The lowest BCUT2D eigenvalue weighted by molar-refractivity contribution is -0.119. The van der Waals surface area contributed by atoms with Crippen LogP contribution in [0.1, 0.15) is 18.3 Å². The van der Waals surface area contributed by atoms with Gasteiger partial charge in [-0.2, -0.15) is 0 Å². The van der Waals surface area contributed by atoms with Crippen molar-refractivity contribution >= 4 is 22.5 Å². The van der Waals surface area contributed by atoms with E-state index in [2.05, 4.69) is 11.1 Å². The highest BCUT2D eigenvalue weighted by molar-refractivity contribution is 5.96. The van der Waals surface area contributed by atoms with Crippen LogP contribution in [0.15, 0.2) is 53.3 Å². The molecule has 0 saturated heterocycles. The van der Waals surface area contributed by atoms with E-state index < -0.39 is 0 Å². The van der Waals surface area contributed by atoms with E-state index in [0.717, 1.165) is 12.1 Å². The van der Waals surface area contributed by atoms with Crippen LogP contribution >= 0.6 is 0 Å². The highest BCUT2D eigenvalue weighted by Crippen LogP contribution is 2.32. The summed E-state index contributed by atoms with van der Waals surface area (Å²) in [5.74, 6) is 0.513. The molecule has 0 fully saturated rings. The highest BCUT2D eigenvalue weighted by atomic mass is 16.2. The van der Waals surface area contributed by atoms with Crippen LogP contribution in [0.5, 0.6) is 0 Å². The number of benzene rings is 2. The molecule has 1 atom stereocenters. The summed E-state index contributed by atoms with van der Waals surface area (Å²) in [5, 5.41) is 0.535. The van der Waals surface area contributed by atoms with Gasteiger partial charge in [0.15, 0.2) is 0 Å². The minimum Gasteiger partial charge on any atom is -0.307 e. The zero-order valence-corrected chi connectivity index (χ0v) is 16.4. The first-order chi connectivity index (χ1) is 13.5. The average molecular weight is 376 g/mol. The Morgan fingerprint density at radius 3 is 2.64 bits per heavy atom. The summed E-state index contributed by atoms with van der Waals surface area (Å²) in [4.78, 5) is 34.8. The number of fused-ring (bicyclic) bond motifs is 2. The molecule has 4 rings (SSSR count). The minimum atomic E-state index is -0.170. The number of carbonyl (C=O) groups excluding carboxylic acids is 1. The molecule has 1 aliphatic heterocycles. The molecule has 6 heteroatoms. The van der Waals surface area contributed by atoms with Crippen LogP contribution in [-0.2, 0) is 24.3 Å². The maximum absolute atomic E-state index is 13.2. The van der Waals surface area contributed by atoms with Gasteiger partial charge in [0.25, 0.3) is 5.56 Å². The van der Waals surface area contributed by atoms with Crippen LogP contribution in [0.2, 0.25) is 0 Å². The zero-order chi connectivity index (χ0) is 19.8. The lowest BCUT2D eigenvalue weighted by atomic mass is 10.1. The summed E-state index contributed by atoms with van der Waals surface area (Å²) in [6, 6.07) is 15.3. The van der Waals surface area contributed by atoms with Crippen molar-refractivity contribution < 1.29 is 4.79 Å². The quantitative estimate of drug-likeness (QED) is 0.702. The third-order valence-electron chi connectivity index (χ3n) is 5.17. The van der Waals surface area contributed by atoms with E-state index >= 15 is 0 Å². The summed E-state index contributed by atoms with van der Waals surface area (Å²) in [5.41, 5.74) is 2.60. The molecular weight excluding hydrogens is 352 g/mol. The molecule has 0 saturated carbocycles. The smallest absolute Gasteiger partial charge is 0.261 e. The van der Waals surface area contributed by atoms with Gasteiger partial charge in [0, 0.05) is 11.7 Å². The summed E-state index contributed by atoms with van der Waals surface area (Å²) in [7, 11) is 3.85. The monoisotopic (exact) mass is 376 g/mol. The van der Waals surface area contributed by atoms with Crippen molar-refractivity contribution in [1.82, 2.24) is 14.5 Å². The number of hydrogen-bond acceptors (Lipinski definition) is 4. The average Bonchev–Trinajstić information content (AvgIpc) is 3.00. The molecule has 2 aromatic carbocycles. The van der Waals surface area contributed by atoms with E-state index in [9.17, 15) is 9.59 Å². The molecule has 1 aromatic heterocycles. The molecule has 0 bridgehead atoms. The van der Waals surface area contributed by atoms with Gasteiger partial charge in [-0.15, -0.1) is 0 Å². The Balaban J connectivity index is 1.76. The second-order valence-electron chi connectivity index (χ2n) is 7.62. The molecule has 6 nitrogen and oxygen atoms in total. The van der Waals surface area contributed by atoms with Crippen LogP contribution in [0.3, 0.4) is 0 Å². The second-order valence-corrected chi connectivity index (χ2v) is 7.62. The van der Waals surface area contributed by atoms with E-state index in [1.54, 1.807) is 6.07 Å². The van der Waals surface area contributed by atoms with Crippen molar-refractivity contribution in [2.75, 3.05) is 19.0 Å². The number of anilines is 1. The summed E-state index contributed by atoms with van der Waals surface area (Å²) >= 11 is 0. The van der Waals surface area contributed by atoms with Crippen LogP contribution in [-0.4, -0.2) is 40.5 Å². The fraction of sp³-hybridized carbons (Fsp3) is 0.318. The van der Waals surface area contributed by atoms with Gasteiger partial charge in [0.2, 0.25) is 5.91 Å². The van der Waals surface area contributed by atoms with Gasteiger partial charge in [-0.25, -0.2) is 4.98 Å². The number of carbonyl (C=O) groups is 1. The number of nitrogens with zero attached hydrogens (tertiary/aromatic N) is 4. The van der Waals surface area contributed by atoms with Crippen molar-refractivity contribution in [2.24, 2.45) is 0 Å². The van der Waals surface area contributed by atoms with Crippen molar-refractivity contribution in [3.63, 3.8) is 0 Å². The van der Waals surface area contributed by atoms with E-state index in [-0.39, 0.29) is 24.1 Å². The molecule has 1 aliphatic rings. The molecule has 0 N–H and O–H groups in total. The van der Waals surface area contributed by atoms with E-state index in [4.69, 9.17) is 0 Å². The first kappa shape index (κ1) is 18.4. The van der Waals surface area contributed by atoms with Crippen molar-refractivity contribution in [1.29, 1.82) is 0 Å². The lowest BCUT2D eigenvalue weighted by Gasteiger charge is -2.24. The standard InChI is InChI=1S/C22H24N4O2/c1-15-12-16-8-4-7-11-19(16)26(15)21(27)14-25-20(13-24(2)3)23-18-10-6-5-9-17(18)22(25)28/h4-11,15H,12-14H2,1-3H3/t15-/m0/s1. The Bertz CT molecular complexity index is 1100. The minimum absolute atomic E-state index is 0.0154. The first-order valence-electron chi connectivity index (χ1n) is 9.49. The van der Waals surface area contributed by atoms with Gasteiger partial charge < -0.3 is 9.80 Å². The maximum atomic E-state index is 13.2. The van der Waals surface area contributed by atoms with Gasteiger partial charge in [0.1, 0.15) is 12.4 Å². The van der Waals surface area contributed by atoms with E-state index in [1.807, 2.05) is 67.2 Å². The van der Waals surface area contributed by atoms with Gasteiger partial charge in [-0.1, -0.05) is 30.3 Å². The Labute approximate surface area is 164 Å². The Morgan fingerprint density at radius 1 is 1.14 bits per heavy atom. The Kier molecular flexibility index (Phi) is 4.73. The number of aromatic nitrogens is 2. The van der Waals surface area contributed by atoms with Crippen LogP contribution < -0.4 is 10.5 Å². The number of amides is 1. The van der Waals surface area contributed by atoms with Gasteiger partial charge in [-0.05, 0) is 51.2 Å². The molecule has 1 amide bonds. The molecule has 0 unspecified atom stereocenters. The Hall–Kier alpha value is -2.99. The predicted octanol–water partition coefficient (Wildman–Crippen LogP) is 2.44. The fourth-order valence-corrected chi connectivity index (χ4v) is 3.94. The first-order valence-corrected chi connectivity index (χ1v) is 9.49. The zero-order valence-electron chi connectivity index (χ0n) is 16.4. The van der Waals surface area contributed by atoms with Crippen LogP contribution in [0.4, 0.5) is 5.69 Å². The third-order valence-corrected chi connectivity index (χ3v) is 5.17. The van der Waals surface area contributed by atoms with E-state index in [1.165, 1.54) is 10.1 Å². The fourth-order valence-electron chi connectivity index (χ4n) is 3.94. The Morgan fingerprint density at radius 2 is 1.86 bits per heavy atom. The van der Waals surface area contributed by atoms with Crippen LogP contribution in [0.25, 0.3) is 10.9 Å². The normalized spacial score (nSPS) is 16.0. The number of para-hydroxylation sites is 2. The molecule has 0 aliphatic carbocycles. The summed E-state index contributed by atoms with van der Waals surface area (Å²) in [6.45, 7) is 2.51. The number of hydrogen-bond donors (Lipinski definition) is 0. The molecule has 3 aromatic rings. The molecular formula is C22H24N4O2. The molecule has 0 radical (unpaired) electrons. The molecule has 0 spiro atoms. The molecule has 28 heavy (non-hydrogen) atoms. The van der Waals surface area contributed by atoms with Gasteiger partial charge in [-0.3, -0.25) is 14.2 Å². The second kappa shape index (κ2) is 7.20. The lowest BCUT2D eigenvalue weighted by Crippen LogP contribution is -2.41. The van der Waals surface area contributed by atoms with Crippen LogP contribution in [0, 0.1) is 0 Å². The molecule has 144 valence electrons. The maximum Gasteiger partial charge on any atom is 0.261 e. The van der Waals surface area contributed by atoms with Gasteiger partial charge in [0.05, 0.1) is 17.4 Å². The van der Waals surface area contributed by atoms with Gasteiger partial charge >= 0.3 is 0 Å². The predicted molar refractivity (Wildman–Crippen MR) is 110 cm³/mol. The summed E-state index contributed by atoms with van der Waals surface area (Å²) in [6.07, 6.45) is 0.831. The summed E-state index contributed by atoms with van der Waals surface area (Å²) < 4.78 is 1.53. The topological polar surface area (TPSA) is 58.4 Å². The SMILES string of the molecule is C[C@H]1Cc2ccccc2N1C(=O)Cn1c(CN(C)C)nc2ccccc2c1=O. The van der Waals surface area contributed by atoms with Crippen molar-refractivity contribution in [2.45, 2.75) is 32.5 Å².